The van der Waals surface area contributed by atoms with Crippen LogP contribution in [0.5, 0.6) is 0 Å². The fourth-order valence-corrected chi connectivity index (χ4v) is 2.50. The number of nitrogens with one attached hydrogen (secondary N) is 2. The molecular formula is C13H19FN2O3S. The smallest absolute Gasteiger partial charge is 0.314 e. The van der Waals surface area contributed by atoms with Crippen LogP contribution in [0.3, 0.4) is 0 Å². The van der Waals surface area contributed by atoms with E-state index in [1.165, 1.54) is 12.1 Å². The summed E-state index contributed by atoms with van der Waals surface area (Å²) in [6.07, 6.45) is 0.727. The summed E-state index contributed by atoms with van der Waals surface area (Å²) >= 11 is 0. The number of benzene rings is 1. The number of ether oxygens (including phenoxy) is 1. The second kappa shape index (κ2) is 9.44. The van der Waals surface area contributed by atoms with Gasteiger partial charge in [0, 0.05) is 32.6 Å². The van der Waals surface area contributed by atoms with Crippen molar-refractivity contribution in [1.29, 1.82) is 0 Å². The molecule has 0 fully saturated rings. The lowest BCUT2D eigenvalue weighted by Crippen LogP contribution is -2.38. The highest BCUT2D eigenvalue weighted by atomic mass is 32.2. The Kier molecular flexibility index (Phi) is 7.82. The second-order valence-electron chi connectivity index (χ2n) is 4.01. The zero-order chi connectivity index (χ0) is 14.8. The molecular weight excluding hydrogens is 283 g/mol. The van der Waals surface area contributed by atoms with Gasteiger partial charge < -0.3 is 15.4 Å². The zero-order valence-electron chi connectivity index (χ0n) is 11.4. The molecule has 0 saturated heterocycles. The molecule has 0 spiro atoms. The lowest BCUT2D eigenvalue weighted by molar-refractivity contribution is 0.193. The zero-order valence-corrected chi connectivity index (χ0v) is 12.2. The molecule has 0 aliphatic rings. The topological polar surface area (TPSA) is 67.4 Å². The predicted octanol–water partition coefficient (Wildman–Crippen LogP) is 1.27. The number of methoxy groups -OCH3 is 1. The monoisotopic (exact) mass is 302 g/mol. The molecule has 1 aromatic carbocycles. The molecule has 0 aliphatic heterocycles. The van der Waals surface area contributed by atoms with Gasteiger partial charge in [0.25, 0.3) is 0 Å². The first kappa shape index (κ1) is 16.6. The number of carbonyl (C=O) groups is 1. The van der Waals surface area contributed by atoms with E-state index in [0.717, 1.165) is 6.42 Å². The number of rotatable bonds is 8. The van der Waals surface area contributed by atoms with Crippen LogP contribution in [0.25, 0.3) is 0 Å². The molecule has 20 heavy (non-hydrogen) atoms. The molecule has 0 aromatic heterocycles. The molecule has 1 atom stereocenters. The van der Waals surface area contributed by atoms with Gasteiger partial charge in [-0.15, -0.1) is 0 Å². The Morgan fingerprint density at radius 2 is 2.00 bits per heavy atom. The van der Waals surface area contributed by atoms with Crippen molar-refractivity contribution < 1.29 is 18.1 Å². The highest BCUT2D eigenvalue weighted by Crippen LogP contribution is 2.11. The lowest BCUT2D eigenvalue weighted by atomic mass is 10.3. The van der Waals surface area contributed by atoms with E-state index in [1.54, 1.807) is 19.2 Å². The van der Waals surface area contributed by atoms with Gasteiger partial charge in [-0.1, -0.05) is 12.1 Å². The molecule has 1 rings (SSSR count). The van der Waals surface area contributed by atoms with E-state index in [-0.39, 0.29) is 23.2 Å². The number of halogens is 1. The Morgan fingerprint density at radius 3 is 2.70 bits per heavy atom. The fraction of sp³-hybridized carbons (Fsp3) is 0.462. The molecule has 7 heteroatoms. The van der Waals surface area contributed by atoms with Crippen LogP contribution in [0, 0.1) is 5.82 Å². The maximum atomic E-state index is 13.4. The van der Waals surface area contributed by atoms with Crippen LogP contribution in [-0.4, -0.2) is 42.8 Å². The standard InChI is InChI=1S/C13H19FN2O3S/c1-19-9-4-7-15-13(17)16-8-10-20(18)12-6-3-2-5-11(12)14/h2-3,5-6H,4,7-10H2,1H3,(H2,15,16,17)/t20-/m0/s1. The van der Waals surface area contributed by atoms with Crippen molar-refractivity contribution in [3.8, 4) is 0 Å². The average Bonchev–Trinajstić information content (AvgIpc) is 2.44. The van der Waals surface area contributed by atoms with Gasteiger partial charge in [0.2, 0.25) is 0 Å². The third-order valence-corrected chi connectivity index (χ3v) is 3.86. The summed E-state index contributed by atoms with van der Waals surface area (Å²) in [5.74, 6) is -0.318. The van der Waals surface area contributed by atoms with Crippen LogP contribution in [0.2, 0.25) is 0 Å². The van der Waals surface area contributed by atoms with Gasteiger partial charge in [-0.2, -0.15) is 0 Å². The van der Waals surface area contributed by atoms with E-state index in [2.05, 4.69) is 10.6 Å². The molecule has 2 amide bonds. The van der Waals surface area contributed by atoms with Gasteiger partial charge in [-0.25, -0.2) is 9.18 Å². The molecule has 0 bridgehead atoms. The summed E-state index contributed by atoms with van der Waals surface area (Å²) in [5, 5.41) is 5.21. The Hall–Kier alpha value is -1.47. The van der Waals surface area contributed by atoms with Gasteiger partial charge in [0.1, 0.15) is 5.82 Å². The molecule has 0 radical (unpaired) electrons. The SMILES string of the molecule is COCCCNC(=O)NCC[S@](=O)c1ccccc1F. The molecule has 1 aromatic rings. The first-order valence-electron chi connectivity index (χ1n) is 6.28. The molecule has 2 N–H and O–H groups in total. The minimum atomic E-state index is -1.46. The van der Waals surface area contributed by atoms with Gasteiger partial charge in [0.05, 0.1) is 15.7 Å². The molecule has 0 unspecified atom stereocenters. The van der Waals surface area contributed by atoms with E-state index in [9.17, 15) is 13.4 Å². The maximum absolute atomic E-state index is 13.4. The fourth-order valence-electron chi connectivity index (χ4n) is 1.48. The molecule has 0 heterocycles. The number of carbonyl (C=O) groups excluding carboxylic acids is 1. The van der Waals surface area contributed by atoms with Crippen molar-refractivity contribution in [3.63, 3.8) is 0 Å². The summed E-state index contributed by atoms with van der Waals surface area (Å²) in [6, 6.07) is 5.60. The number of urea groups is 1. The number of hydrogen-bond donors (Lipinski definition) is 2. The average molecular weight is 302 g/mol. The Bertz CT molecular complexity index is 457. The summed E-state index contributed by atoms with van der Waals surface area (Å²) < 4.78 is 30.0. The van der Waals surface area contributed by atoms with Crippen molar-refractivity contribution in [2.45, 2.75) is 11.3 Å². The third-order valence-electron chi connectivity index (χ3n) is 2.47. The first-order chi connectivity index (χ1) is 9.65. The summed E-state index contributed by atoms with van der Waals surface area (Å²) in [5.41, 5.74) is 0. The van der Waals surface area contributed by atoms with Crippen molar-refractivity contribution in [2.24, 2.45) is 0 Å². The van der Waals surface area contributed by atoms with E-state index >= 15 is 0 Å². The first-order valence-corrected chi connectivity index (χ1v) is 7.60. The normalized spacial score (nSPS) is 11.9. The minimum Gasteiger partial charge on any atom is -0.385 e. The largest absolute Gasteiger partial charge is 0.385 e. The van der Waals surface area contributed by atoms with Gasteiger partial charge in [0.15, 0.2) is 0 Å². The van der Waals surface area contributed by atoms with Crippen molar-refractivity contribution in [1.82, 2.24) is 10.6 Å². The maximum Gasteiger partial charge on any atom is 0.314 e. The Morgan fingerprint density at radius 1 is 1.30 bits per heavy atom. The summed E-state index contributed by atoms with van der Waals surface area (Å²) in [6.45, 7) is 1.31. The van der Waals surface area contributed by atoms with Crippen molar-refractivity contribution in [3.05, 3.63) is 30.1 Å². The summed E-state index contributed by atoms with van der Waals surface area (Å²) in [7, 11) is 0.138. The Labute approximate surface area is 120 Å². The van der Waals surface area contributed by atoms with E-state index in [4.69, 9.17) is 4.74 Å². The predicted molar refractivity (Wildman–Crippen MR) is 75.6 cm³/mol. The van der Waals surface area contributed by atoms with Crippen LogP contribution in [-0.2, 0) is 15.5 Å². The number of hydrogen-bond acceptors (Lipinski definition) is 3. The van der Waals surface area contributed by atoms with Gasteiger partial charge in [-0.3, -0.25) is 4.21 Å². The molecule has 0 aliphatic carbocycles. The van der Waals surface area contributed by atoms with E-state index in [0.29, 0.717) is 13.2 Å². The van der Waals surface area contributed by atoms with Gasteiger partial charge >= 0.3 is 6.03 Å². The molecule has 5 nitrogen and oxygen atoms in total. The quantitative estimate of drug-likeness (QED) is 0.711. The van der Waals surface area contributed by atoms with Crippen LogP contribution >= 0.6 is 0 Å². The highest BCUT2D eigenvalue weighted by Gasteiger charge is 2.09. The molecule has 0 saturated carbocycles. The van der Waals surface area contributed by atoms with Crippen LogP contribution in [0.1, 0.15) is 6.42 Å². The van der Waals surface area contributed by atoms with Crippen LogP contribution in [0.15, 0.2) is 29.2 Å². The van der Waals surface area contributed by atoms with Crippen LogP contribution < -0.4 is 10.6 Å². The number of amides is 2. The lowest BCUT2D eigenvalue weighted by Gasteiger charge is -2.07. The van der Waals surface area contributed by atoms with Crippen LogP contribution in [0.4, 0.5) is 9.18 Å². The third kappa shape index (κ3) is 6.12. The summed E-state index contributed by atoms with van der Waals surface area (Å²) in [4.78, 5) is 11.5. The highest BCUT2D eigenvalue weighted by molar-refractivity contribution is 7.85. The van der Waals surface area contributed by atoms with E-state index in [1.807, 2.05) is 0 Å². The minimum absolute atomic E-state index is 0.162. The second-order valence-corrected chi connectivity index (χ2v) is 5.55. The van der Waals surface area contributed by atoms with Gasteiger partial charge in [-0.05, 0) is 18.6 Å². The van der Waals surface area contributed by atoms with Crippen molar-refractivity contribution in [2.75, 3.05) is 32.6 Å². The van der Waals surface area contributed by atoms with E-state index < -0.39 is 16.6 Å². The molecule has 112 valence electrons. The Balaban J connectivity index is 2.22. The van der Waals surface area contributed by atoms with Crippen molar-refractivity contribution >= 4 is 16.8 Å².